The number of sulfonamides is 1. The zero-order valence-electron chi connectivity index (χ0n) is 19.3. The summed E-state index contributed by atoms with van der Waals surface area (Å²) in [7, 11) is -3.59. The maximum atomic E-state index is 13.2. The summed E-state index contributed by atoms with van der Waals surface area (Å²) in [5.41, 5.74) is 2.03. The molecule has 0 N–H and O–H groups in total. The van der Waals surface area contributed by atoms with Crippen LogP contribution >= 0.6 is 11.8 Å². The van der Waals surface area contributed by atoms with E-state index in [1.807, 2.05) is 32.3 Å². The Balaban J connectivity index is 1.85. The highest BCUT2D eigenvalue weighted by Gasteiger charge is 2.23. The highest BCUT2D eigenvalue weighted by molar-refractivity contribution is 7.99. The van der Waals surface area contributed by atoms with E-state index in [9.17, 15) is 17.6 Å². The van der Waals surface area contributed by atoms with Crippen LogP contribution in [0.3, 0.4) is 0 Å². The van der Waals surface area contributed by atoms with Crippen molar-refractivity contribution in [1.29, 1.82) is 0 Å². The number of aryl methyl sites for hydroxylation is 1. The minimum atomic E-state index is -3.59. The average Bonchev–Trinajstić information content (AvgIpc) is 3.16. The van der Waals surface area contributed by atoms with Crippen molar-refractivity contribution in [2.24, 2.45) is 0 Å². The molecule has 0 radical (unpaired) electrons. The Hall–Kier alpha value is -2.43. The van der Waals surface area contributed by atoms with E-state index in [1.165, 1.54) is 28.2 Å². The fraction of sp³-hybridized carbons (Fsp3) is 0.391. The van der Waals surface area contributed by atoms with Crippen molar-refractivity contribution in [3.63, 3.8) is 0 Å². The number of amides is 1. The minimum Gasteiger partial charge on any atom is -0.319 e. The van der Waals surface area contributed by atoms with Crippen molar-refractivity contribution >= 4 is 44.4 Å². The standard InChI is InChI=1S/C23H29FN4O3S2/c1-5-26(6-2)33(30,31)19-13-14-21-20(15-19)25-23(28(21)8-4)32-16-22(29)27(7-3)18-11-9-17(24)10-12-18/h9-15H,5-8,16H2,1-4H3. The lowest BCUT2D eigenvalue weighted by Crippen LogP contribution is -2.32. The Morgan fingerprint density at radius 3 is 2.27 bits per heavy atom. The molecule has 1 amide bonds. The van der Waals surface area contributed by atoms with Crippen LogP contribution < -0.4 is 4.90 Å². The summed E-state index contributed by atoms with van der Waals surface area (Å²) in [4.78, 5) is 19.3. The van der Waals surface area contributed by atoms with Crippen molar-refractivity contribution in [3.8, 4) is 0 Å². The molecule has 0 spiro atoms. The molecule has 0 saturated carbocycles. The average molecular weight is 493 g/mol. The van der Waals surface area contributed by atoms with Crippen molar-refractivity contribution in [2.45, 2.75) is 44.3 Å². The predicted molar refractivity (Wildman–Crippen MR) is 131 cm³/mol. The third-order valence-corrected chi connectivity index (χ3v) is 8.43. The second-order valence-corrected chi connectivity index (χ2v) is 10.2. The first-order chi connectivity index (χ1) is 15.8. The first kappa shape index (κ1) is 25.2. The Morgan fingerprint density at radius 2 is 1.70 bits per heavy atom. The quantitative estimate of drug-likeness (QED) is 0.393. The summed E-state index contributed by atoms with van der Waals surface area (Å²) < 4.78 is 42.4. The van der Waals surface area contributed by atoms with Gasteiger partial charge in [-0.05, 0) is 56.3 Å². The van der Waals surface area contributed by atoms with Crippen LogP contribution in [0.5, 0.6) is 0 Å². The molecule has 0 aliphatic heterocycles. The van der Waals surface area contributed by atoms with Crippen LogP contribution in [0.25, 0.3) is 11.0 Å². The molecule has 0 unspecified atom stereocenters. The van der Waals surface area contributed by atoms with E-state index in [4.69, 9.17) is 0 Å². The number of fused-ring (bicyclic) bond motifs is 1. The van der Waals surface area contributed by atoms with Gasteiger partial charge in [0.25, 0.3) is 0 Å². The monoisotopic (exact) mass is 492 g/mol. The molecule has 10 heteroatoms. The fourth-order valence-corrected chi connectivity index (χ4v) is 6.14. The number of carbonyl (C=O) groups excluding carboxylic acids is 1. The van der Waals surface area contributed by atoms with Crippen molar-refractivity contribution in [3.05, 3.63) is 48.3 Å². The highest BCUT2D eigenvalue weighted by Crippen LogP contribution is 2.28. The number of halogens is 1. The van der Waals surface area contributed by atoms with Gasteiger partial charge in [0, 0.05) is 31.9 Å². The van der Waals surface area contributed by atoms with Gasteiger partial charge in [0.2, 0.25) is 15.9 Å². The zero-order valence-corrected chi connectivity index (χ0v) is 20.9. The van der Waals surface area contributed by atoms with Crippen molar-refractivity contribution in [1.82, 2.24) is 13.9 Å². The summed E-state index contributed by atoms with van der Waals surface area (Å²) >= 11 is 1.30. The van der Waals surface area contributed by atoms with Crippen LogP contribution in [-0.4, -0.2) is 53.6 Å². The maximum absolute atomic E-state index is 13.2. The number of thioether (sulfide) groups is 1. The van der Waals surface area contributed by atoms with E-state index in [2.05, 4.69) is 4.98 Å². The fourth-order valence-electron chi connectivity index (χ4n) is 3.70. The number of hydrogen-bond donors (Lipinski definition) is 0. The molecule has 178 valence electrons. The molecular weight excluding hydrogens is 463 g/mol. The van der Waals surface area contributed by atoms with Crippen molar-refractivity contribution in [2.75, 3.05) is 30.3 Å². The van der Waals surface area contributed by atoms with E-state index in [-0.39, 0.29) is 22.4 Å². The maximum Gasteiger partial charge on any atom is 0.243 e. The summed E-state index contributed by atoms with van der Waals surface area (Å²) in [5.74, 6) is -0.316. The molecule has 0 bridgehead atoms. The first-order valence-electron chi connectivity index (χ1n) is 11.0. The Kier molecular flexibility index (Phi) is 8.14. The largest absolute Gasteiger partial charge is 0.319 e. The van der Waals surface area contributed by atoms with Crippen molar-refractivity contribution < 1.29 is 17.6 Å². The molecule has 0 aliphatic carbocycles. The molecule has 1 heterocycles. The molecule has 0 aliphatic rings. The van der Waals surface area contributed by atoms with Gasteiger partial charge in [-0.1, -0.05) is 25.6 Å². The second-order valence-electron chi connectivity index (χ2n) is 7.28. The third-order valence-electron chi connectivity index (χ3n) is 5.42. The molecule has 33 heavy (non-hydrogen) atoms. The number of nitrogens with zero attached hydrogens (tertiary/aromatic N) is 4. The molecule has 3 rings (SSSR count). The Morgan fingerprint density at radius 1 is 1.03 bits per heavy atom. The molecular formula is C23H29FN4O3S2. The van der Waals surface area contributed by atoms with Gasteiger partial charge < -0.3 is 9.47 Å². The number of carbonyl (C=O) groups is 1. The highest BCUT2D eigenvalue weighted by atomic mass is 32.2. The van der Waals surface area contributed by atoms with Gasteiger partial charge in [0.1, 0.15) is 5.82 Å². The van der Waals surface area contributed by atoms with Crippen LogP contribution in [0, 0.1) is 5.82 Å². The first-order valence-corrected chi connectivity index (χ1v) is 13.4. The summed E-state index contributed by atoms with van der Waals surface area (Å²) in [5, 5.41) is 0.647. The number of aromatic nitrogens is 2. The number of rotatable bonds is 10. The number of anilines is 1. The molecule has 3 aromatic rings. The smallest absolute Gasteiger partial charge is 0.243 e. The molecule has 1 aromatic heterocycles. The summed E-state index contributed by atoms with van der Waals surface area (Å²) in [6, 6.07) is 10.8. The van der Waals surface area contributed by atoms with Gasteiger partial charge in [0.05, 0.1) is 21.7 Å². The van der Waals surface area contributed by atoms with Crippen LogP contribution in [0.2, 0.25) is 0 Å². The lowest BCUT2D eigenvalue weighted by Gasteiger charge is -2.20. The molecule has 0 fully saturated rings. The molecule has 7 nitrogen and oxygen atoms in total. The topological polar surface area (TPSA) is 75.5 Å². The summed E-state index contributed by atoms with van der Waals surface area (Å²) in [6.07, 6.45) is 0. The normalized spacial score (nSPS) is 11.9. The van der Waals surface area contributed by atoms with Crippen LogP contribution in [0.15, 0.2) is 52.5 Å². The van der Waals surface area contributed by atoms with E-state index in [0.717, 1.165) is 5.52 Å². The van der Waals surface area contributed by atoms with Gasteiger partial charge in [-0.15, -0.1) is 0 Å². The lowest BCUT2D eigenvalue weighted by atomic mass is 10.3. The third kappa shape index (κ3) is 5.23. The molecule has 0 saturated heterocycles. The van der Waals surface area contributed by atoms with Gasteiger partial charge in [0.15, 0.2) is 5.16 Å². The second kappa shape index (κ2) is 10.7. The number of hydrogen-bond acceptors (Lipinski definition) is 5. The SMILES string of the molecule is CCN(C(=O)CSc1nc2cc(S(=O)(=O)N(CC)CC)ccc2n1CC)c1ccc(F)cc1. The van der Waals surface area contributed by atoms with E-state index in [1.54, 1.807) is 35.2 Å². The van der Waals surface area contributed by atoms with Gasteiger partial charge >= 0.3 is 0 Å². The number of imidazole rings is 1. The summed E-state index contributed by atoms with van der Waals surface area (Å²) in [6.45, 7) is 9.34. The van der Waals surface area contributed by atoms with Gasteiger partial charge in [-0.3, -0.25) is 4.79 Å². The van der Waals surface area contributed by atoms with Gasteiger partial charge in [-0.2, -0.15) is 4.31 Å². The van der Waals surface area contributed by atoms with Gasteiger partial charge in [-0.25, -0.2) is 17.8 Å². The van der Waals surface area contributed by atoms with Crippen LogP contribution in [0.1, 0.15) is 27.7 Å². The van der Waals surface area contributed by atoms with Crippen LogP contribution in [0.4, 0.5) is 10.1 Å². The zero-order chi connectivity index (χ0) is 24.2. The molecule has 0 atom stereocenters. The minimum absolute atomic E-state index is 0.117. The lowest BCUT2D eigenvalue weighted by molar-refractivity contribution is -0.116. The predicted octanol–water partition coefficient (Wildman–Crippen LogP) is 4.37. The van der Waals surface area contributed by atoms with E-state index in [0.29, 0.717) is 42.5 Å². The number of benzene rings is 2. The molecule has 2 aromatic carbocycles. The van der Waals surface area contributed by atoms with Crippen LogP contribution in [-0.2, 0) is 21.4 Å². The van der Waals surface area contributed by atoms with E-state index >= 15 is 0 Å². The Labute approximate surface area is 198 Å². The van der Waals surface area contributed by atoms with E-state index < -0.39 is 10.0 Å². The Bertz CT molecular complexity index is 1220.